The number of hydrogen-bond donors (Lipinski definition) is 0. The molecule has 0 aliphatic carbocycles. The molecule has 142 valence electrons. The van der Waals surface area contributed by atoms with Gasteiger partial charge in [-0.3, -0.25) is 0 Å². The molecule has 0 amide bonds. The van der Waals surface area contributed by atoms with Gasteiger partial charge in [-0.15, -0.1) is 10.2 Å². The summed E-state index contributed by atoms with van der Waals surface area (Å²) >= 11 is 1.58. The Bertz CT molecular complexity index is 1070. The first-order chi connectivity index (χ1) is 13.7. The van der Waals surface area contributed by atoms with Gasteiger partial charge in [0.15, 0.2) is 17.3 Å². The molecular formula is C19H16N4O4S. The molecule has 0 unspecified atom stereocenters. The van der Waals surface area contributed by atoms with E-state index in [1.54, 1.807) is 30.7 Å². The Labute approximate surface area is 165 Å². The molecular weight excluding hydrogens is 380 g/mol. The van der Waals surface area contributed by atoms with Gasteiger partial charge in [-0.05, 0) is 30.3 Å². The summed E-state index contributed by atoms with van der Waals surface area (Å²) < 4.78 is 23.4. The molecule has 0 spiro atoms. The van der Waals surface area contributed by atoms with Crippen molar-refractivity contribution in [3.05, 3.63) is 42.0 Å². The van der Waals surface area contributed by atoms with Crippen molar-refractivity contribution in [2.45, 2.75) is 5.16 Å². The fourth-order valence-corrected chi connectivity index (χ4v) is 3.90. The highest BCUT2D eigenvalue weighted by Crippen LogP contribution is 2.35. The van der Waals surface area contributed by atoms with Crippen molar-refractivity contribution in [3.63, 3.8) is 0 Å². The van der Waals surface area contributed by atoms with Gasteiger partial charge in [0.25, 0.3) is 0 Å². The maximum Gasteiger partial charge on any atom is 0.231 e. The molecule has 3 aromatic rings. The van der Waals surface area contributed by atoms with Crippen LogP contribution in [0.4, 0.5) is 0 Å². The van der Waals surface area contributed by atoms with Crippen LogP contribution in [0, 0.1) is 0 Å². The number of fused-ring (bicyclic) bond motifs is 2. The number of methoxy groups -OCH3 is 2. The van der Waals surface area contributed by atoms with Crippen LogP contribution in [0.15, 0.2) is 46.7 Å². The number of rotatable bonds is 4. The van der Waals surface area contributed by atoms with E-state index in [-0.39, 0.29) is 6.79 Å². The van der Waals surface area contributed by atoms with Crippen LogP contribution in [0.1, 0.15) is 5.56 Å². The fraction of sp³-hybridized carbons (Fsp3) is 0.211. The zero-order chi connectivity index (χ0) is 19.1. The van der Waals surface area contributed by atoms with Gasteiger partial charge in [-0.1, -0.05) is 11.8 Å². The Hall–Kier alpha value is -3.20. The van der Waals surface area contributed by atoms with Gasteiger partial charge < -0.3 is 18.9 Å². The Balaban J connectivity index is 1.57. The SMILES string of the molecule is COc1cc(OC)cc(-c2nnc3n2N=C(c2ccc4c(c2)OCO4)CS3)c1. The number of aromatic nitrogens is 3. The molecule has 0 saturated carbocycles. The van der Waals surface area contributed by atoms with Crippen LogP contribution >= 0.6 is 11.8 Å². The molecule has 8 nitrogen and oxygen atoms in total. The lowest BCUT2D eigenvalue weighted by molar-refractivity contribution is 0.174. The number of nitrogens with zero attached hydrogens (tertiary/aromatic N) is 4. The van der Waals surface area contributed by atoms with Gasteiger partial charge in [0, 0.05) is 22.9 Å². The van der Waals surface area contributed by atoms with Crippen LogP contribution in [0.25, 0.3) is 11.4 Å². The molecule has 2 aliphatic rings. The van der Waals surface area contributed by atoms with Gasteiger partial charge in [-0.2, -0.15) is 9.78 Å². The molecule has 1 aromatic heterocycles. The molecule has 2 aromatic carbocycles. The van der Waals surface area contributed by atoms with Crippen molar-refractivity contribution in [1.29, 1.82) is 0 Å². The Kier molecular flexibility index (Phi) is 4.09. The lowest BCUT2D eigenvalue weighted by Gasteiger charge is -2.15. The van der Waals surface area contributed by atoms with Gasteiger partial charge in [-0.25, -0.2) is 0 Å². The summed E-state index contributed by atoms with van der Waals surface area (Å²) in [6.45, 7) is 0.247. The molecule has 5 rings (SSSR count). The van der Waals surface area contributed by atoms with E-state index in [0.717, 1.165) is 33.5 Å². The van der Waals surface area contributed by atoms with Crippen LogP contribution in [-0.4, -0.2) is 47.4 Å². The molecule has 0 atom stereocenters. The predicted molar refractivity (Wildman–Crippen MR) is 104 cm³/mol. The third kappa shape index (κ3) is 2.84. The van der Waals surface area contributed by atoms with E-state index in [0.29, 0.717) is 23.1 Å². The second kappa shape index (κ2) is 6.75. The first kappa shape index (κ1) is 16.9. The molecule has 0 saturated heterocycles. The van der Waals surface area contributed by atoms with Crippen LogP contribution in [0.2, 0.25) is 0 Å². The molecule has 2 aliphatic heterocycles. The summed E-state index contributed by atoms with van der Waals surface area (Å²) in [5.74, 6) is 4.15. The highest BCUT2D eigenvalue weighted by Gasteiger charge is 2.23. The minimum absolute atomic E-state index is 0.247. The average Bonchev–Trinajstić information content (AvgIpc) is 3.38. The van der Waals surface area contributed by atoms with Crippen molar-refractivity contribution in [1.82, 2.24) is 14.9 Å². The number of ether oxygens (including phenoxy) is 4. The quantitative estimate of drug-likeness (QED) is 0.670. The fourth-order valence-electron chi connectivity index (χ4n) is 3.06. The topological polar surface area (TPSA) is 80.0 Å². The zero-order valence-corrected chi connectivity index (χ0v) is 16.0. The maximum absolute atomic E-state index is 5.49. The number of hydrogen-bond acceptors (Lipinski definition) is 8. The molecule has 28 heavy (non-hydrogen) atoms. The normalized spacial score (nSPS) is 14.4. The lowest BCUT2D eigenvalue weighted by atomic mass is 10.1. The number of benzene rings is 2. The van der Waals surface area contributed by atoms with E-state index < -0.39 is 0 Å². The van der Waals surface area contributed by atoms with E-state index in [4.69, 9.17) is 24.0 Å². The summed E-state index contributed by atoms with van der Waals surface area (Å²) in [7, 11) is 3.23. The highest BCUT2D eigenvalue weighted by molar-refractivity contribution is 7.99. The maximum atomic E-state index is 5.49. The summed E-state index contributed by atoms with van der Waals surface area (Å²) in [5, 5.41) is 14.1. The minimum atomic E-state index is 0.247. The smallest absolute Gasteiger partial charge is 0.231 e. The molecule has 0 bridgehead atoms. The Morgan fingerprint density at radius 3 is 2.50 bits per heavy atom. The van der Waals surface area contributed by atoms with Crippen molar-refractivity contribution < 1.29 is 18.9 Å². The van der Waals surface area contributed by atoms with Crippen LogP contribution < -0.4 is 18.9 Å². The molecule has 9 heteroatoms. The van der Waals surface area contributed by atoms with Crippen LogP contribution in [0.3, 0.4) is 0 Å². The standard InChI is InChI=1S/C19H16N4O4S/c1-24-13-5-12(6-14(8-13)25-2)18-20-21-19-23(18)22-15(9-28-19)11-3-4-16-17(7-11)27-10-26-16/h3-8H,9-10H2,1-2H3. The second-order valence-electron chi connectivity index (χ2n) is 6.12. The summed E-state index contributed by atoms with van der Waals surface area (Å²) in [5.41, 5.74) is 2.70. The lowest BCUT2D eigenvalue weighted by Crippen LogP contribution is -2.13. The van der Waals surface area contributed by atoms with Gasteiger partial charge in [0.05, 0.1) is 19.9 Å². The summed E-state index contributed by atoms with van der Waals surface area (Å²) in [4.78, 5) is 0. The first-order valence-electron chi connectivity index (χ1n) is 8.54. The van der Waals surface area contributed by atoms with Gasteiger partial charge in [0.1, 0.15) is 11.5 Å². The largest absolute Gasteiger partial charge is 0.497 e. The zero-order valence-electron chi connectivity index (χ0n) is 15.2. The third-order valence-electron chi connectivity index (χ3n) is 4.49. The van der Waals surface area contributed by atoms with E-state index >= 15 is 0 Å². The van der Waals surface area contributed by atoms with Crippen molar-refractivity contribution >= 4 is 17.5 Å². The van der Waals surface area contributed by atoms with E-state index in [2.05, 4.69) is 10.2 Å². The number of thioether (sulfide) groups is 1. The third-order valence-corrected chi connectivity index (χ3v) is 5.42. The van der Waals surface area contributed by atoms with Crippen molar-refractivity contribution in [2.24, 2.45) is 5.10 Å². The van der Waals surface area contributed by atoms with E-state index in [1.165, 1.54) is 0 Å². The molecule has 0 N–H and O–H groups in total. The minimum Gasteiger partial charge on any atom is -0.497 e. The van der Waals surface area contributed by atoms with Crippen molar-refractivity contribution in [2.75, 3.05) is 26.8 Å². The summed E-state index contributed by atoms with van der Waals surface area (Å²) in [6, 6.07) is 11.4. The van der Waals surface area contributed by atoms with E-state index in [1.807, 2.05) is 36.4 Å². The second-order valence-corrected chi connectivity index (χ2v) is 7.07. The van der Waals surface area contributed by atoms with Crippen LogP contribution in [0.5, 0.6) is 23.0 Å². The van der Waals surface area contributed by atoms with E-state index in [9.17, 15) is 0 Å². The van der Waals surface area contributed by atoms with Gasteiger partial charge in [0.2, 0.25) is 11.9 Å². The molecule has 0 radical (unpaired) electrons. The Morgan fingerprint density at radius 2 is 1.71 bits per heavy atom. The van der Waals surface area contributed by atoms with Crippen LogP contribution in [-0.2, 0) is 0 Å². The first-order valence-corrected chi connectivity index (χ1v) is 9.53. The monoisotopic (exact) mass is 396 g/mol. The van der Waals surface area contributed by atoms with Gasteiger partial charge >= 0.3 is 0 Å². The van der Waals surface area contributed by atoms with Crippen molar-refractivity contribution in [3.8, 4) is 34.4 Å². The molecule has 3 heterocycles. The molecule has 0 fully saturated rings. The average molecular weight is 396 g/mol. The Morgan fingerprint density at radius 1 is 0.929 bits per heavy atom. The highest BCUT2D eigenvalue weighted by atomic mass is 32.2. The summed E-state index contributed by atoms with van der Waals surface area (Å²) in [6.07, 6.45) is 0. The predicted octanol–water partition coefficient (Wildman–Crippen LogP) is 3.05.